The molecule has 1 aromatic heterocycles. The first-order valence-corrected chi connectivity index (χ1v) is 7.19. The summed E-state index contributed by atoms with van der Waals surface area (Å²) in [5.74, 6) is -10.3. The van der Waals surface area contributed by atoms with Crippen LogP contribution in [0.3, 0.4) is 0 Å². The number of carbonyl (C=O) groups excluding carboxylic acids is 1. The van der Waals surface area contributed by atoms with E-state index in [0.29, 0.717) is 0 Å². The predicted octanol–water partition coefficient (Wildman–Crippen LogP) is 3.43. The van der Waals surface area contributed by atoms with E-state index in [1.807, 2.05) is 5.32 Å². The van der Waals surface area contributed by atoms with Crippen LogP contribution < -0.4 is 15.4 Å². The number of anilines is 1. The lowest BCUT2D eigenvalue weighted by molar-refractivity contribution is 0.0966. The number of halogens is 5. The van der Waals surface area contributed by atoms with E-state index in [2.05, 4.69) is 15.0 Å². The van der Waals surface area contributed by atoms with Crippen molar-refractivity contribution < 1.29 is 27.1 Å². The number of aromatic nitrogens is 1. The van der Waals surface area contributed by atoms with Gasteiger partial charge in [0.25, 0.3) is 5.91 Å². The number of nitrogens with zero attached hydrogens (tertiary/aromatic N) is 1. The van der Waals surface area contributed by atoms with Crippen LogP contribution in [0.15, 0.2) is 18.3 Å². The minimum Gasteiger partial charge on any atom is -0.491 e. The molecule has 11 heteroatoms. The average Bonchev–Trinajstić information content (AvgIpc) is 2.56. The van der Waals surface area contributed by atoms with Crippen LogP contribution in [0, 0.1) is 23.3 Å². The van der Waals surface area contributed by atoms with E-state index in [0.717, 1.165) is 7.11 Å². The van der Waals surface area contributed by atoms with Crippen molar-refractivity contribution in [3.8, 4) is 5.75 Å². The summed E-state index contributed by atoms with van der Waals surface area (Å²) in [7, 11) is 0.816. The lowest BCUT2D eigenvalue weighted by Gasteiger charge is -2.13. The summed E-state index contributed by atoms with van der Waals surface area (Å²) in [5.41, 5.74) is -1.29. The fourth-order valence-electron chi connectivity index (χ4n) is 1.79. The second-order valence-corrected chi connectivity index (χ2v) is 5.18. The molecule has 0 aliphatic carbocycles. The molecular weight excluding hydrogens is 386 g/mol. The average molecular weight is 394 g/mol. The topological polar surface area (TPSA) is 63.2 Å². The van der Waals surface area contributed by atoms with Gasteiger partial charge >= 0.3 is 0 Å². The number of thiocarbonyl (C=S) groups is 1. The lowest BCUT2D eigenvalue weighted by atomic mass is 10.1. The molecular formula is C14H8ClF4N3O2S. The maximum absolute atomic E-state index is 13.9. The van der Waals surface area contributed by atoms with Gasteiger partial charge in [-0.05, 0) is 24.4 Å². The van der Waals surface area contributed by atoms with E-state index < -0.39 is 45.6 Å². The Morgan fingerprint density at radius 3 is 2.32 bits per heavy atom. The number of ether oxygens (including phenoxy) is 1. The van der Waals surface area contributed by atoms with Crippen LogP contribution in [0.2, 0.25) is 5.15 Å². The Bertz CT molecular complexity index is 837. The molecule has 2 N–H and O–H groups in total. The zero-order chi connectivity index (χ0) is 18.7. The van der Waals surface area contributed by atoms with E-state index in [1.54, 1.807) is 0 Å². The fourth-order valence-corrected chi connectivity index (χ4v) is 2.16. The van der Waals surface area contributed by atoms with E-state index >= 15 is 0 Å². The van der Waals surface area contributed by atoms with Crippen LogP contribution >= 0.6 is 23.8 Å². The van der Waals surface area contributed by atoms with Crippen molar-refractivity contribution in [3.05, 3.63) is 52.3 Å². The number of pyridine rings is 1. The smallest absolute Gasteiger partial charge is 0.263 e. The fraction of sp³-hybridized carbons (Fsp3) is 0.0714. The molecule has 1 amide bonds. The highest BCUT2D eigenvalue weighted by atomic mass is 35.5. The largest absolute Gasteiger partial charge is 0.491 e. The second-order valence-electron chi connectivity index (χ2n) is 4.41. The van der Waals surface area contributed by atoms with Gasteiger partial charge in [0.05, 0.1) is 12.8 Å². The van der Waals surface area contributed by atoms with Crippen molar-refractivity contribution >= 4 is 40.5 Å². The monoisotopic (exact) mass is 393 g/mol. The molecule has 132 valence electrons. The van der Waals surface area contributed by atoms with Crippen molar-refractivity contribution in [1.29, 1.82) is 0 Å². The third-order valence-electron chi connectivity index (χ3n) is 2.89. The minimum absolute atomic E-state index is 0.0120. The van der Waals surface area contributed by atoms with Crippen LogP contribution in [0.25, 0.3) is 0 Å². The first kappa shape index (κ1) is 18.9. The van der Waals surface area contributed by atoms with Gasteiger partial charge in [0.15, 0.2) is 27.6 Å². The lowest BCUT2D eigenvalue weighted by Crippen LogP contribution is -2.35. The Kier molecular flexibility index (Phi) is 5.75. The molecule has 0 spiro atoms. The Morgan fingerprint density at radius 2 is 1.80 bits per heavy atom. The Morgan fingerprint density at radius 1 is 1.20 bits per heavy atom. The third-order valence-corrected chi connectivity index (χ3v) is 3.39. The first-order chi connectivity index (χ1) is 11.8. The molecule has 0 bridgehead atoms. The van der Waals surface area contributed by atoms with Crippen LogP contribution in [-0.4, -0.2) is 23.1 Å². The molecule has 2 rings (SSSR count). The number of carbonyl (C=O) groups is 1. The summed E-state index contributed by atoms with van der Waals surface area (Å²) < 4.78 is 59.2. The molecule has 0 saturated heterocycles. The van der Waals surface area contributed by atoms with Crippen LogP contribution in [-0.2, 0) is 0 Å². The maximum atomic E-state index is 13.9. The molecule has 0 atom stereocenters. The van der Waals surface area contributed by atoms with Crippen molar-refractivity contribution in [2.24, 2.45) is 0 Å². The number of nitrogens with one attached hydrogen (secondary N) is 2. The summed E-state index contributed by atoms with van der Waals surface area (Å²) in [5, 5.41) is 3.93. The van der Waals surface area contributed by atoms with Gasteiger partial charge in [0.2, 0.25) is 11.6 Å². The van der Waals surface area contributed by atoms with Gasteiger partial charge in [-0.25, -0.2) is 13.8 Å². The third kappa shape index (κ3) is 3.80. The summed E-state index contributed by atoms with van der Waals surface area (Å²) in [4.78, 5) is 15.7. The normalized spacial score (nSPS) is 10.3. The molecule has 0 aliphatic rings. The van der Waals surface area contributed by atoms with Crippen molar-refractivity contribution in [1.82, 2.24) is 10.3 Å². The summed E-state index contributed by atoms with van der Waals surface area (Å²) in [6.07, 6.45) is 1.39. The van der Waals surface area contributed by atoms with E-state index in [-0.39, 0.29) is 10.8 Å². The van der Waals surface area contributed by atoms with Gasteiger partial charge in [-0.3, -0.25) is 10.1 Å². The maximum Gasteiger partial charge on any atom is 0.263 e. The van der Waals surface area contributed by atoms with Gasteiger partial charge < -0.3 is 10.1 Å². The molecule has 0 radical (unpaired) electrons. The summed E-state index contributed by atoms with van der Waals surface area (Å²) in [6, 6.07) is 2.97. The SMILES string of the molecule is COc1c(F)c(F)c(C(=O)NC(=S)Nc2cccnc2Cl)c(F)c1F. The van der Waals surface area contributed by atoms with Crippen LogP contribution in [0.1, 0.15) is 10.4 Å². The van der Waals surface area contributed by atoms with Gasteiger partial charge in [-0.2, -0.15) is 8.78 Å². The Balaban J connectivity index is 2.27. The molecule has 25 heavy (non-hydrogen) atoms. The van der Waals surface area contributed by atoms with Crippen molar-refractivity contribution in [3.63, 3.8) is 0 Å². The van der Waals surface area contributed by atoms with Gasteiger partial charge in [-0.1, -0.05) is 11.6 Å². The standard InChI is InChI=1S/C14H8ClF4N3O2S/c1-24-11-9(18)7(16)6(8(17)10(11)19)13(23)22-14(25)21-5-3-2-4-20-12(5)15/h2-4H,1H3,(H2,21,22,23,25). The molecule has 0 aliphatic heterocycles. The van der Waals surface area contributed by atoms with Gasteiger partial charge in [0, 0.05) is 6.20 Å². The zero-order valence-electron chi connectivity index (χ0n) is 12.3. The van der Waals surface area contributed by atoms with E-state index in [9.17, 15) is 22.4 Å². The highest BCUT2D eigenvalue weighted by molar-refractivity contribution is 7.80. The number of methoxy groups -OCH3 is 1. The molecule has 0 unspecified atom stereocenters. The zero-order valence-corrected chi connectivity index (χ0v) is 13.9. The van der Waals surface area contributed by atoms with Crippen LogP contribution in [0.5, 0.6) is 5.75 Å². The van der Waals surface area contributed by atoms with E-state index in [4.69, 9.17) is 23.8 Å². The molecule has 0 saturated carbocycles. The molecule has 2 aromatic rings. The number of rotatable bonds is 3. The van der Waals surface area contributed by atoms with Crippen molar-refractivity contribution in [2.75, 3.05) is 12.4 Å². The molecule has 1 heterocycles. The highest BCUT2D eigenvalue weighted by Crippen LogP contribution is 2.29. The molecule has 0 fully saturated rings. The van der Waals surface area contributed by atoms with Gasteiger partial charge in [0.1, 0.15) is 5.56 Å². The van der Waals surface area contributed by atoms with Gasteiger partial charge in [-0.15, -0.1) is 0 Å². The number of amides is 1. The first-order valence-electron chi connectivity index (χ1n) is 6.40. The predicted molar refractivity (Wildman–Crippen MR) is 85.8 cm³/mol. The number of hydrogen-bond donors (Lipinski definition) is 2. The number of hydrogen-bond acceptors (Lipinski definition) is 4. The highest BCUT2D eigenvalue weighted by Gasteiger charge is 2.30. The molecule has 5 nitrogen and oxygen atoms in total. The summed E-state index contributed by atoms with van der Waals surface area (Å²) in [6.45, 7) is 0. The number of benzene rings is 1. The Hall–Kier alpha value is -2.46. The Labute approximate surface area is 149 Å². The summed E-state index contributed by atoms with van der Waals surface area (Å²) >= 11 is 10.6. The minimum atomic E-state index is -1.92. The van der Waals surface area contributed by atoms with Crippen molar-refractivity contribution in [2.45, 2.75) is 0 Å². The second kappa shape index (κ2) is 7.62. The quantitative estimate of drug-likeness (QED) is 0.362. The van der Waals surface area contributed by atoms with E-state index in [1.165, 1.54) is 18.3 Å². The van der Waals surface area contributed by atoms with Crippen LogP contribution in [0.4, 0.5) is 23.2 Å². The molecule has 1 aromatic carbocycles.